The highest BCUT2D eigenvalue weighted by molar-refractivity contribution is 7.92. The second kappa shape index (κ2) is 8.84. The molecule has 31 heavy (non-hydrogen) atoms. The van der Waals surface area contributed by atoms with Crippen molar-refractivity contribution >= 4 is 26.3 Å². The summed E-state index contributed by atoms with van der Waals surface area (Å²) in [6, 6.07) is 10.9. The molecule has 1 saturated heterocycles. The molecule has 4 rings (SSSR count). The Bertz CT molecular complexity index is 1170. The first kappa shape index (κ1) is 21.6. The Morgan fingerprint density at radius 2 is 1.81 bits per heavy atom. The molecule has 1 aliphatic rings. The molecule has 0 unspecified atom stereocenters. The lowest BCUT2D eigenvalue weighted by Crippen LogP contribution is -2.39. The summed E-state index contributed by atoms with van der Waals surface area (Å²) < 4.78 is 49.9. The van der Waals surface area contributed by atoms with Crippen LogP contribution in [-0.2, 0) is 9.84 Å². The van der Waals surface area contributed by atoms with Crippen molar-refractivity contribution in [1.82, 2.24) is 4.98 Å². The first-order valence-corrected chi connectivity index (χ1v) is 12.3. The molecule has 0 radical (unpaired) electrons. The summed E-state index contributed by atoms with van der Waals surface area (Å²) in [6.07, 6.45) is 0.953. The summed E-state index contributed by atoms with van der Waals surface area (Å²) in [5.41, 5.74) is 1.75. The smallest absolute Gasteiger partial charge is 0.185 e. The SMILES string of the molecule is COc1ccc(-c2csc(N3CCC(S(=O)(=O)c4cccc(F)c4)CC3)n2)cc1OC. The summed E-state index contributed by atoms with van der Waals surface area (Å²) in [5.74, 6) is 0.755. The quantitative estimate of drug-likeness (QED) is 0.541. The van der Waals surface area contributed by atoms with Gasteiger partial charge in [0, 0.05) is 24.0 Å². The van der Waals surface area contributed by atoms with E-state index in [-0.39, 0.29) is 4.90 Å². The molecule has 1 aromatic heterocycles. The first-order chi connectivity index (χ1) is 14.9. The fourth-order valence-electron chi connectivity index (χ4n) is 3.73. The zero-order chi connectivity index (χ0) is 22.0. The molecule has 0 bridgehead atoms. The number of halogens is 1. The number of aromatic nitrogens is 1. The summed E-state index contributed by atoms with van der Waals surface area (Å²) in [6.45, 7) is 1.16. The molecule has 0 atom stereocenters. The zero-order valence-corrected chi connectivity index (χ0v) is 18.9. The number of ether oxygens (including phenoxy) is 2. The normalized spacial score (nSPS) is 15.1. The molecule has 164 valence electrons. The maximum absolute atomic E-state index is 13.5. The van der Waals surface area contributed by atoms with Crippen molar-refractivity contribution in [2.75, 3.05) is 32.2 Å². The first-order valence-electron chi connectivity index (χ1n) is 9.84. The Kier molecular flexibility index (Phi) is 6.15. The molecule has 2 aromatic carbocycles. The van der Waals surface area contributed by atoms with Gasteiger partial charge in [-0.15, -0.1) is 11.3 Å². The van der Waals surface area contributed by atoms with Gasteiger partial charge in [0.1, 0.15) is 5.82 Å². The predicted molar refractivity (Wildman–Crippen MR) is 119 cm³/mol. The van der Waals surface area contributed by atoms with E-state index in [1.165, 1.54) is 29.5 Å². The minimum Gasteiger partial charge on any atom is -0.493 e. The summed E-state index contributed by atoms with van der Waals surface area (Å²) in [5, 5.41) is 2.31. The van der Waals surface area contributed by atoms with E-state index in [0.717, 1.165) is 22.5 Å². The maximum Gasteiger partial charge on any atom is 0.185 e. The van der Waals surface area contributed by atoms with Crippen molar-refractivity contribution in [3.8, 4) is 22.8 Å². The Morgan fingerprint density at radius 3 is 2.48 bits per heavy atom. The standard InChI is InChI=1S/C22H23FN2O4S2/c1-28-20-7-6-15(12-21(20)29-2)19-14-30-22(24-19)25-10-8-17(9-11-25)31(26,27)18-5-3-4-16(23)13-18/h3-7,12-14,17H,8-11H2,1-2H3. The van der Waals surface area contributed by atoms with E-state index in [2.05, 4.69) is 4.90 Å². The van der Waals surface area contributed by atoms with Crippen LogP contribution in [0.15, 0.2) is 52.7 Å². The number of hydrogen-bond donors (Lipinski definition) is 0. The van der Waals surface area contributed by atoms with Gasteiger partial charge in [-0.05, 0) is 49.2 Å². The Hall–Kier alpha value is -2.65. The van der Waals surface area contributed by atoms with Gasteiger partial charge in [-0.25, -0.2) is 17.8 Å². The van der Waals surface area contributed by atoms with Gasteiger partial charge in [0.2, 0.25) is 0 Å². The lowest BCUT2D eigenvalue weighted by molar-refractivity contribution is 0.355. The highest BCUT2D eigenvalue weighted by Crippen LogP contribution is 2.35. The average molecular weight is 463 g/mol. The van der Waals surface area contributed by atoms with Crippen LogP contribution in [0, 0.1) is 5.82 Å². The zero-order valence-electron chi connectivity index (χ0n) is 17.2. The topological polar surface area (TPSA) is 68.7 Å². The Labute approximate surface area is 185 Å². The molecule has 9 heteroatoms. The third-order valence-corrected chi connectivity index (χ3v) is 8.61. The lowest BCUT2D eigenvalue weighted by atomic mass is 10.1. The predicted octanol–water partition coefficient (Wildman–Crippen LogP) is 4.41. The molecule has 3 aromatic rings. The highest BCUT2D eigenvalue weighted by atomic mass is 32.2. The third-order valence-electron chi connectivity index (χ3n) is 5.45. The van der Waals surface area contributed by atoms with Crippen LogP contribution >= 0.6 is 11.3 Å². The minimum atomic E-state index is -3.55. The number of anilines is 1. The summed E-state index contributed by atoms with van der Waals surface area (Å²) >= 11 is 1.53. The average Bonchev–Trinajstić information content (AvgIpc) is 3.29. The summed E-state index contributed by atoms with van der Waals surface area (Å²) in [7, 11) is -0.364. The van der Waals surface area contributed by atoms with Gasteiger partial charge >= 0.3 is 0 Å². The van der Waals surface area contributed by atoms with Crippen LogP contribution in [0.2, 0.25) is 0 Å². The second-order valence-electron chi connectivity index (χ2n) is 7.27. The van der Waals surface area contributed by atoms with Crippen LogP contribution in [0.5, 0.6) is 11.5 Å². The van der Waals surface area contributed by atoms with E-state index in [1.807, 2.05) is 23.6 Å². The van der Waals surface area contributed by atoms with Gasteiger partial charge in [0.25, 0.3) is 0 Å². The van der Waals surface area contributed by atoms with Crippen molar-refractivity contribution in [1.29, 1.82) is 0 Å². The van der Waals surface area contributed by atoms with E-state index in [4.69, 9.17) is 14.5 Å². The lowest BCUT2D eigenvalue weighted by Gasteiger charge is -2.31. The Morgan fingerprint density at radius 1 is 1.06 bits per heavy atom. The van der Waals surface area contributed by atoms with E-state index in [9.17, 15) is 12.8 Å². The number of piperidine rings is 1. The third kappa shape index (κ3) is 4.38. The largest absolute Gasteiger partial charge is 0.493 e. The molecule has 0 spiro atoms. The number of sulfone groups is 1. The van der Waals surface area contributed by atoms with Crippen LogP contribution in [0.1, 0.15) is 12.8 Å². The van der Waals surface area contributed by atoms with Gasteiger partial charge in [0.15, 0.2) is 26.5 Å². The van der Waals surface area contributed by atoms with E-state index in [0.29, 0.717) is 37.4 Å². The molecule has 0 N–H and O–H groups in total. The van der Waals surface area contributed by atoms with Crippen LogP contribution in [-0.4, -0.2) is 46.0 Å². The molecule has 0 aliphatic carbocycles. The molecule has 0 saturated carbocycles. The molecular weight excluding hydrogens is 439 g/mol. The number of nitrogens with zero attached hydrogens (tertiary/aromatic N) is 2. The van der Waals surface area contributed by atoms with Crippen LogP contribution in [0.25, 0.3) is 11.3 Å². The maximum atomic E-state index is 13.5. The Balaban J connectivity index is 1.46. The molecule has 6 nitrogen and oxygen atoms in total. The molecule has 2 heterocycles. The van der Waals surface area contributed by atoms with Gasteiger partial charge in [-0.1, -0.05) is 6.07 Å². The number of rotatable bonds is 6. The second-order valence-corrected chi connectivity index (χ2v) is 10.3. The fraction of sp³-hybridized carbons (Fsp3) is 0.318. The van der Waals surface area contributed by atoms with E-state index < -0.39 is 20.9 Å². The molecule has 0 amide bonds. The number of methoxy groups -OCH3 is 2. The van der Waals surface area contributed by atoms with Gasteiger partial charge in [-0.2, -0.15) is 0 Å². The van der Waals surface area contributed by atoms with E-state index in [1.54, 1.807) is 14.2 Å². The van der Waals surface area contributed by atoms with Gasteiger partial charge < -0.3 is 14.4 Å². The van der Waals surface area contributed by atoms with E-state index >= 15 is 0 Å². The minimum absolute atomic E-state index is 0.0518. The number of hydrogen-bond acceptors (Lipinski definition) is 7. The van der Waals surface area contributed by atoms with Crippen molar-refractivity contribution in [3.63, 3.8) is 0 Å². The van der Waals surface area contributed by atoms with Crippen molar-refractivity contribution in [3.05, 3.63) is 53.7 Å². The molecular formula is C22H23FN2O4S2. The van der Waals surface area contributed by atoms with Crippen LogP contribution in [0.3, 0.4) is 0 Å². The highest BCUT2D eigenvalue weighted by Gasteiger charge is 2.32. The summed E-state index contributed by atoms with van der Waals surface area (Å²) in [4.78, 5) is 6.90. The number of benzene rings is 2. The van der Waals surface area contributed by atoms with Crippen molar-refractivity contribution in [2.24, 2.45) is 0 Å². The van der Waals surface area contributed by atoms with Crippen molar-refractivity contribution < 1.29 is 22.3 Å². The van der Waals surface area contributed by atoms with Gasteiger partial charge in [0.05, 0.1) is 30.1 Å². The van der Waals surface area contributed by atoms with Crippen LogP contribution in [0.4, 0.5) is 9.52 Å². The van der Waals surface area contributed by atoms with Crippen molar-refractivity contribution in [2.45, 2.75) is 23.0 Å². The van der Waals surface area contributed by atoms with Crippen LogP contribution < -0.4 is 14.4 Å². The number of thiazole rings is 1. The van der Waals surface area contributed by atoms with Gasteiger partial charge in [-0.3, -0.25) is 0 Å². The monoisotopic (exact) mass is 462 g/mol. The fourth-order valence-corrected chi connectivity index (χ4v) is 6.38. The molecule has 1 aliphatic heterocycles. The molecule has 1 fully saturated rings.